The molecule has 0 amide bonds. The summed E-state index contributed by atoms with van der Waals surface area (Å²) < 4.78 is 6.54. The van der Waals surface area contributed by atoms with Crippen LogP contribution in [0, 0.1) is 11.8 Å². The smallest absolute Gasteiger partial charge is 0.351 e. The van der Waals surface area contributed by atoms with E-state index in [9.17, 15) is 15.0 Å². The quantitative estimate of drug-likeness (QED) is 0.481. The summed E-state index contributed by atoms with van der Waals surface area (Å²) in [7, 11) is 0. The fraction of sp³-hybridized carbons (Fsp3) is 0.500. The third-order valence-electron chi connectivity index (χ3n) is 3.05. The largest absolute Gasteiger partial charge is 0.394 e. The SMILES string of the molecule is CC#C[C@@]1(Cl)C(O)[C@@H](CO)O[C@H]1n1ccc(N)nc1=O. The third-order valence-corrected chi connectivity index (χ3v) is 3.55. The van der Waals surface area contributed by atoms with Crippen LogP contribution in [0.4, 0.5) is 5.82 Å². The second kappa shape index (κ2) is 5.42. The molecule has 4 N–H and O–H groups in total. The lowest BCUT2D eigenvalue weighted by Gasteiger charge is -2.25. The van der Waals surface area contributed by atoms with E-state index >= 15 is 0 Å². The highest BCUT2D eigenvalue weighted by Gasteiger charge is 2.55. The van der Waals surface area contributed by atoms with Gasteiger partial charge in [0.1, 0.15) is 18.0 Å². The van der Waals surface area contributed by atoms with Gasteiger partial charge in [-0.25, -0.2) is 4.79 Å². The van der Waals surface area contributed by atoms with Gasteiger partial charge >= 0.3 is 5.69 Å². The number of nitrogens with zero attached hydrogens (tertiary/aromatic N) is 2. The van der Waals surface area contributed by atoms with Crippen molar-refractivity contribution in [1.29, 1.82) is 0 Å². The molecule has 7 nitrogen and oxygen atoms in total. The van der Waals surface area contributed by atoms with Crippen LogP contribution in [-0.4, -0.2) is 43.5 Å². The van der Waals surface area contributed by atoms with Gasteiger partial charge in [0.2, 0.25) is 0 Å². The standard InChI is InChI=1S/C12H14ClN3O4/c1-2-4-12(13)9(18)7(6-17)20-10(12)16-5-3-8(14)15-11(16)19/h3,5,7,9-10,17-18H,6H2,1H3,(H2,14,15,19)/t7-,9?,10-,12-/m1/s1. The average molecular weight is 300 g/mol. The zero-order chi connectivity index (χ0) is 14.9. The maximum Gasteiger partial charge on any atom is 0.351 e. The van der Waals surface area contributed by atoms with Crippen molar-refractivity contribution in [2.24, 2.45) is 0 Å². The number of hydrogen-bond donors (Lipinski definition) is 3. The van der Waals surface area contributed by atoms with Crippen LogP contribution in [0.1, 0.15) is 13.2 Å². The van der Waals surface area contributed by atoms with Crippen molar-refractivity contribution in [2.75, 3.05) is 12.3 Å². The van der Waals surface area contributed by atoms with Crippen molar-refractivity contribution >= 4 is 17.4 Å². The van der Waals surface area contributed by atoms with Gasteiger partial charge < -0.3 is 20.7 Å². The minimum absolute atomic E-state index is 0.0604. The van der Waals surface area contributed by atoms with Crippen LogP contribution in [-0.2, 0) is 4.74 Å². The molecule has 1 aliphatic heterocycles. The van der Waals surface area contributed by atoms with Gasteiger partial charge in [0, 0.05) is 6.20 Å². The number of nitrogens with two attached hydrogens (primary N) is 1. The Kier molecular flexibility index (Phi) is 4.01. The number of anilines is 1. The first-order chi connectivity index (χ1) is 9.43. The van der Waals surface area contributed by atoms with Crippen LogP contribution in [0.3, 0.4) is 0 Å². The lowest BCUT2D eigenvalue weighted by atomic mass is 9.99. The molecule has 0 aromatic carbocycles. The number of halogens is 1. The van der Waals surface area contributed by atoms with Gasteiger partial charge in [0.15, 0.2) is 11.1 Å². The van der Waals surface area contributed by atoms with Crippen molar-refractivity contribution in [3.8, 4) is 11.8 Å². The first-order valence-corrected chi connectivity index (χ1v) is 6.23. The Morgan fingerprint density at radius 3 is 2.95 bits per heavy atom. The fourth-order valence-electron chi connectivity index (χ4n) is 2.10. The fourth-order valence-corrected chi connectivity index (χ4v) is 2.49. The van der Waals surface area contributed by atoms with E-state index in [4.69, 9.17) is 22.1 Å². The summed E-state index contributed by atoms with van der Waals surface area (Å²) in [5.74, 6) is 5.29. The van der Waals surface area contributed by atoms with E-state index in [1.54, 1.807) is 6.92 Å². The van der Waals surface area contributed by atoms with Gasteiger partial charge in [0.25, 0.3) is 0 Å². The first-order valence-electron chi connectivity index (χ1n) is 5.86. The molecule has 2 heterocycles. The molecule has 0 aliphatic carbocycles. The van der Waals surface area contributed by atoms with Crippen molar-refractivity contribution in [1.82, 2.24) is 9.55 Å². The minimum atomic E-state index is -1.55. The molecule has 0 spiro atoms. The summed E-state index contributed by atoms with van der Waals surface area (Å²) in [6, 6.07) is 1.40. The summed E-state index contributed by atoms with van der Waals surface area (Å²) in [6.07, 6.45) is -1.92. The maximum atomic E-state index is 11.9. The molecule has 1 fully saturated rings. The molecule has 2 rings (SSSR count). The molecule has 0 bridgehead atoms. The normalized spacial score (nSPS) is 32.7. The number of nitrogen functional groups attached to an aromatic ring is 1. The highest BCUT2D eigenvalue weighted by molar-refractivity contribution is 6.27. The topological polar surface area (TPSA) is 111 Å². The molecule has 1 aromatic rings. The number of rotatable bonds is 2. The number of aliphatic hydroxyl groups excluding tert-OH is 2. The Bertz CT molecular complexity index is 623. The predicted octanol–water partition coefficient (Wildman–Crippen LogP) is -0.923. The number of aromatic nitrogens is 2. The Morgan fingerprint density at radius 1 is 1.70 bits per heavy atom. The second-order valence-corrected chi connectivity index (χ2v) is 4.97. The van der Waals surface area contributed by atoms with Crippen LogP contribution in [0.5, 0.6) is 0 Å². The average Bonchev–Trinajstić information content (AvgIpc) is 2.63. The molecular formula is C12H14ClN3O4. The van der Waals surface area contributed by atoms with E-state index in [0.717, 1.165) is 4.57 Å². The summed E-state index contributed by atoms with van der Waals surface area (Å²) in [6.45, 7) is 1.10. The third kappa shape index (κ3) is 2.27. The van der Waals surface area contributed by atoms with Gasteiger partial charge in [-0.2, -0.15) is 4.98 Å². The zero-order valence-corrected chi connectivity index (χ0v) is 11.4. The first kappa shape index (κ1) is 14.8. The monoisotopic (exact) mass is 299 g/mol. The van der Waals surface area contributed by atoms with E-state index in [-0.39, 0.29) is 5.82 Å². The lowest BCUT2D eigenvalue weighted by Crippen LogP contribution is -2.43. The molecule has 1 unspecified atom stereocenters. The van der Waals surface area contributed by atoms with Crippen LogP contribution >= 0.6 is 11.6 Å². The number of ether oxygens (including phenoxy) is 1. The van der Waals surface area contributed by atoms with Crippen molar-refractivity contribution < 1.29 is 14.9 Å². The molecule has 1 saturated heterocycles. The molecule has 8 heteroatoms. The molecule has 4 atom stereocenters. The Morgan fingerprint density at radius 2 is 2.40 bits per heavy atom. The van der Waals surface area contributed by atoms with Gasteiger partial charge in [-0.05, 0) is 13.0 Å². The van der Waals surface area contributed by atoms with E-state index in [1.807, 2.05) is 0 Å². The van der Waals surface area contributed by atoms with Crippen LogP contribution < -0.4 is 11.4 Å². The highest BCUT2D eigenvalue weighted by atomic mass is 35.5. The van der Waals surface area contributed by atoms with Crippen LogP contribution in [0.25, 0.3) is 0 Å². The Hall–Kier alpha value is -1.59. The van der Waals surface area contributed by atoms with Crippen molar-refractivity contribution in [3.05, 3.63) is 22.7 Å². The van der Waals surface area contributed by atoms with E-state index < -0.39 is 35.6 Å². The van der Waals surface area contributed by atoms with E-state index in [0.29, 0.717) is 0 Å². The number of aliphatic hydroxyl groups is 2. The summed E-state index contributed by atoms with van der Waals surface area (Å²) in [5, 5.41) is 19.3. The number of hydrogen-bond acceptors (Lipinski definition) is 6. The minimum Gasteiger partial charge on any atom is -0.394 e. The molecule has 0 radical (unpaired) electrons. The van der Waals surface area contributed by atoms with E-state index in [1.165, 1.54) is 12.3 Å². The second-order valence-electron chi connectivity index (χ2n) is 4.34. The van der Waals surface area contributed by atoms with Crippen molar-refractivity contribution in [2.45, 2.75) is 30.2 Å². The van der Waals surface area contributed by atoms with Gasteiger partial charge in [-0.15, -0.1) is 5.92 Å². The molecule has 0 saturated carbocycles. The van der Waals surface area contributed by atoms with Crippen LogP contribution in [0.2, 0.25) is 0 Å². The Labute approximate surface area is 120 Å². The summed E-state index contributed by atoms with van der Waals surface area (Å²) >= 11 is 6.33. The summed E-state index contributed by atoms with van der Waals surface area (Å²) in [4.78, 5) is 13.9. The highest BCUT2D eigenvalue weighted by Crippen LogP contribution is 2.42. The molecule has 1 aliphatic rings. The molecule has 1 aromatic heterocycles. The number of alkyl halides is 1. The zero-order valence-electron chi connectivity index (χ0n) is 10.7. The predicted molar refractivity (Wildman–Crippen MR) is 71.9 cm³/mol. The summed E-state index contributed by atoms with van der Waals surface area (Å²) in [5.41, 5.74) is 4.74. The molecule has 108 valence electrons. The lowest BCUT2D eigenvalue weighted by molar-refractivity contribution is -0.0464. The van der Waals surface area contributed by atoms with Gasteiger partial charge in [0.05, 0.1) is 6.61 Å². The maximum absolute atomic E-state index is 11.9. The van der Waals surface area contributed by atoms with Gasteiger partial charge in [-0.3, -0.25) is 4.57 Å². The van der Waals surface area contributed by atoms with E-state index in [2.05, 4.69) is 16.8 Å². The van der Waals surface area contributed by atoms with Gasteiger partial charge in [-0.1, -0.05) is 17.5 Å². The molecular weight excluding hydrogens is 286 g/mol. The van der Waals surface area contributed by atoms with Crippen molar-refractivity contribution in [3.63, 3.8) is 0 Å². The Balaban J connectivity index is 2.52. The van der Waals surface area contributed by atoms with Crippen LogP contribution in [0.15, 0.2) is 17.1 Å². The molecule has 20 heavy (non-hydrogen) atoms.